The predicted octanol–water partition coefficient (Wildman–Crippen LogP) is 0.622. The molecule has 0 unspecified atom stereocenters. The van der Waals surface area contributed by atoms with Gasteiger partial charge in [-0.15, -0.1) is 5.10 Å². The maximum absolute atomic E-state index is 12.6. The van der Waals surface area contributed by atoms with Crippen molar-refractivity contribution in [3.05, 3.63) is 30.4 Å². The molecule has 3 rings (SSSR count). The number of piperidine rings is 1. The SMILES string of the molecule is CCCn1nnnc1COC(=O)C1CCN(S(=O)(=O)c2cccnc2)CC1. The van der Waals surface area contributed by atoms with Gasteiger partial charge >= 0.3 is 5.97 Å². The first kappa shape index (κ1) is 19.4. The summed E-state index contributed by atoms with van der Waals surface area (Å²) in [6, 6.07) is 3.10. The highest BCUT2D eigenvalue weighted by Gasteiger charge is 2.33. The number of ether oxygens (including phenoxy) is 1. The molecule has 146 valence electrons. The first-order valence-corrected chi connectivity index (χ1v) is 10.3. The minimum atomic E-state index is -3.58. The Bertz CT molecular complexity index is 862. The van der Waals surface area contributed by atoms with Crippen LogP contribution in [-0.4, -0.2) is 57.0 Å². The van der Waals surface area contributed by atoms with Crippen LogP contribution in [0.1, 0.15) is 32.0 Å². The summed E-state index contributed by atoms with van der Waals surface area (Å²) in [5.74, 6) is -0.179. The Labute approximate surface area is 157 Å². The van der Waals surface area contributed by atoms with Crippen LogP contribution in [0.4, 0.5) is 0 Å². The lowest BCUT2D eigenvalue weighted by molar-refractivity contribution is -0.151. The van der Waals surface area contributed by atoms with Crippen molar-refractivity contribution in [2.45, 2.75) is 44.2 Å². The quantitative estimate of drug-likeness (QED) is 0.627. The molecule has 1 aliphatic rings. The van der Waals surface area contributed by atoms with Crippen LogP contribution < -0.4 is 0 Å². The lowest BCUT2D eigenvalue weighted by Gasteiger charge is -2.29. The van der Waals surface area contributed by atoms with E-state index in [9.17, 15) is 13.2 Å². The van der Waals surface area contributed by atoms with E-state index in [4.69, 9.17) is 4.74 Å². The topological polar surface area (TPSA) is 120 Å². The summed E-state index contributed by atoms with van der Waals surface area (Å²) in [5.41, 5.74) is 0. The van der Waals surface area contributed by atoms with Crippen LogP contribution in [-0.2, 0) is 32.7 Å². The Morgan fingerprint density at radius 3 is 2.78 bits per heavy atom. The molecule has 27 heavy (non-hydrogen) atoms. The zero-order valence-electron chi connectivity index (χ0n) is 15.1. The fraction of sp³-hybridized carbons (Fsp3) is 0.562. The van der Waals surface area contributed by atoms with Crippen molar-refractivity contribution < 1.29 is 17.9 Å². The molecule has 0 amide bonds. The second-order valence-corrected chi connectivity index (χ2v) is 8.23. The lowest BCUT2D eigenvalue weighted by Crippen LogP contribution is -2.40. The molecule has 0 bridgehead atoms. The molecule has 0 radical (unpaired) electrons. The number of carbonyl (C=O) groups excluding carboxylic acids is 1. The Morgan fingerprint density at radius 1 is 1.33 bits per heavy atom. The smallest absolute Gasteiger partial charge is 0.309 e. The highest BCUT2D eigenvalue weighted by molar-refractivity contribution is 7.89. The molecule has 2 aromatic rings. The number of esters is 1. The van der Waals surface area contributed by atoms with Crippen molar-refractivity contribution >= 4 is 16.0 Å². The third-order valence-corrected chi connectivity index (χ3v) is 6.33. The van der Waals surface area contributed by atoms with E-state index in [0.717, 1.165) is 6.42 Å². The summed E-state index contributed by atoms with van der Waals surface area (Å²) < 4.78 is 33.5. The van der Waals surface area contributed by atoms with Crippen LogP contribution in [0.15, 0.2) is 29.4 Å². The van der Waals surface area contributed by atoms with E-state index in [-0.39, 0.29) is 36.5 Å². The standard InChI is InChI=1S/C16H22N6O4S/c1-2-8-22-15(18-19-20-22)12-26-16(23)13-5-9-21(10-6-13)27(24,25)14-4-3-7-17-11-14/h3-4,7,11,13H,2,5-6,8-10,12H2,1H3. The molecule has 0 aliphatic carbocycles. The van der Waals surface area contributed by atoms with Gasteiger partial charge < -0.3 is 4.74 Å². The van der Waals surface area contributed by atoms with Crippen molar-refractivity contribution in [1.82, 2.24) is 29.5 Å². The minimum absolute atomic E-state index is 0.0139. The zero-order chi connectivity index (χ0) is 19.3. The van der Waals surface area contributed by atoms with E-state index in [1.54, 1.807) is 10.7 Å². The third-order valence-electron chi connectivity index (χ3n) is 4.44. The fourth-order valence-electron chi connectivity index (χ4n) is 2.95. The van der Waals surface area contributed by atoms with Gasteiger partial charge in [0.15, 0.2) is 12.4 Å². The molecule has 1 fully saturated rings. The normalized spacial score (nSPS) is 16.3. The van der Waals surface area contributed by atoms with Crippen LogP contribution in [0.2, 0.25) is 0 Å². The first-order chi connectivity index (χ1) is 13.0. The third kappa shape index (κ3) is 4.48. The van der Waals surface area contributed by atoms with Gasteiger partial charge in [0.1, 0.15) is 4.90 Å². The minimum Gasteiger partial charge on any atom is -0.457 e. The van der Waals surface area contributed by atoms with E-state index >= 15 is 0 Å². The molecule has 0 spiro atoms. The van der Waals surface area contributed by atoms with Gasteiger partial charge in [0.05, 0.1) is 5.92 Å². The van der Waals surface area contributed by atoms with E-state index in [0.29, 0.717) is 25.2 Å². The molecule has 0 atom stereocenters. The van der Waals surface area contributed by atoms with Crippen LogP contribution in [0.5, 0.6) is 0 Å². The maximum atomic E-state index is 12.6. The Balaban J connectivity index is 1.53. The molecule has 1 saturated heterocycles. The zero-order valence-corrected chi connectivity index (χ0v) is 15.9. The number of rotatable bonds is 7. The van der Waals surface area contributed by atoms with Crippen LogP contribution in [0, 0.1) is 5.92 Å². The van der Waals surface area contributed by atoms with Crippen LogP contribution >= 0.6 is 0 Å². The van der Waals surface area contributed by atoms with Crippen molar-refractivity contribution in [2.75, 3.05) is 13.1 Å². The van der Waals surface area contributed by atoms with Crippen molar-refractivity contribution in [2.24, 2.45) is 5.92 Å². The van der Waals surface area contributed by atoms with Gasteiger partial charge in [-0.05, 0) is 41.8 Å². The monoisotopic (exact) mass is 394 g/mol. The summed E-state index contributed by atoms with van der Waals surface area (Å²) in [6.45, 7) is 3.21. The lowest BCUT2D eigenvalue weighted by atomic mass is 9.98. The highest BCUT2D eigenvalue weighted by Crippen LogP contribution is 2.24. The van der Waals surface area contributed by atoms with Gasteiger partial charge in [0.2, 0.25) is 10.0 Å². The summed E-state index contributed by atoms with van der Waals surface area (Å²) in [6.07, 6.45) is 4.56. The Kier molecular flexibility index (Phi) is 6.11. The molecule has 3 heterocycles. The van der Waals surface area contributed by atoms with Crippen molar-refractivity contribution in [3.8, 4) is 0 Å². The first-order valence-electron chi connectivity index (χ1n) is 8.84. The predicted molar refractivity (Wildman–Crippen MR) is 93.6 cm³/mol. The summed E-state index contributed by atoms with van der Waals surface area (Å²) >= 11 is 0. The molecule has 11 heteroatoms. The molecular weight excluding hydrogens is 372 g/mol. The summed E-state index contributed by atoms with van der Waals surface area (Å²) in [4.78, 5) is 16.3. The number of tetrazole rings is 1. The molecule has 0 N–H and O–H groups in total. The molecule has 0 aromatic carbocycles. The van der Waals surface area contributed by atoms with Gasteiger partial charge in [-0.1, -0.05) is 6.92 Å². The fourth-order valence-corrected chi connectivity index (χ4v) is 4.38. The Hall–Kier alpha value is -2.40. The largest absolute Gasteiger partial charge is 0.457 e. The maximum Gasteiger partial charge on any atom is 0.309 e. The van der Waals surface area contributed by atoms with Gasteiger partial charge in [-0.3, -0.25) is 9.78 Å². The van der Waals surface area contributed by atoms with E-state index in [1.165, 1.54) is 22.8 Å². The van der Waals surface area contributed by atoms with E-state index < -0.39 is 10.0 Å². The molecular formula is C16H22N6O4S. The second-order valence-electron chi connectivity index (χ2n) is 6.29. The van der Waals surface area contributed by atoms with E-state index in [1.807, 2.05) is 6.92 Å². The van der Waals surface area contributed by atoms with Gasteiger partial charge in [0, 0.05) is 32.0 Å². The molecule has 0 saturated carbocycles. The number of hydrogen-bond donors (Lipinski definition) is 0. The molecule has 10 nitrogen and oxygen atoms in total. The van der Waals surface area contributed by atoms with Crippen LogP contribution in [0.3, 0.4) is 0 Å². The summed E-state index contributed by atoms with van der Waals surface area (Å²) in [5, 5.41) is 11.3. The number of carbonyl (C=O) groups is 1. The van der Waals surface area contributed by atoms with Crippen molar-refractivity contribution in [3.63, 3.8) is 0 Å². The average molecular weight is 394 g/mol. The van der Waals surface area contributed by atoms with Gasteiger partial charge in [-0.2, -0.15) is 4.31 Å². The summed E-state index contributed by atoms with van der Waals surface area (Å²) in [7, 11) is -3.58. The van der Waals surface area contributed by atoms with Gasteiger partial charge in [-0.25, -0.2) is 13.1 Å². The highest BCUT2D eigenvalue weighted by atomic mass is 32.2. The molecule has 1 aliphatic heterocycles. The Morgan fingerprint density at radius 2 is 2.11 bits per heavy atom. The number of pyridine rings is 1. The average Bonchev–Trinajstić information content (AvgIpc) is 3.14. The van der Waals surface area contributed by atoms with Gasteiger partial charge in [0.25, 0.3) is 0 Å². The number of sulfonamides is 1. The van der Waals surface area contributed by atoms with Crippen LogP contribution in [0.25, 0.3) is 0 Å². The number of hydrogen-bond acceptors (Lipinski definition) is 8. The number of nitrogens with zero attached hydrogens (tertiary/aromatic N) is 6. The van der Waals surface area contributed by atoms with E-state index in [2.05, 4.69) is 20.5 Å². The number of aromatic nitrogens is 5. The molecule has 2 aromatic heterocycles. The van der Waals surface area contributed by atoms with Crippen molar-refractivity contribution in [1.29, 1.82) is 0 Å². The number of aryl methyl sites for hydroxylation is 1. The second kappa shape index (κ2) is 8.53.